The fourth-order valence-corrected chi connectivity index (χ4v) is 2.18. The minimum absolute atomic E-state index is 0.430. The van der Waals surface area contributed by atoms with Crippen molar-refractivity contribution in [1.82, 2.24) is 0 Å². The van der Waals surface area contributed by atoms with Gasteiger partial charge in [-0.1, -0.05) is 6.07 Å². The van der Waals surface area contributed by atoms with Crippen LogP contribution in [0.1, 0.15) is 31.8 Å². The molecular formula is C10H13NO4S. The number of carbonyl (C=O) groups is 1. The van der Waals surface area contributed by atoms with Crippen LogP contribution in [0, 0.1) is 10.1 Å². The van der Waals surface area contributed by atoms with Crippen molar-refractivity contribution in [3.8, 4) is 0 Å². The average molecular weight is 243 g/mol. The van der Waals surface area contributed by atoms with E-state index in [0.29, 0.717) is 4.88 Å². The first-order chi connectivity index (χ1) is 7.35. The SMILES string of the molecule is CC(=O)O[C@@H](c1cccs1)C(C)(C)[N+](=O)[O-]. The van der Waals surface area contributed by atoms with E-state index in [1.165, 1.54) is 32.1 Å². The second kappa shape index (κ2) is 4.61. The van der Waals surface area contributed by atoms with Crippen LogP contribution in [0.15, 0.2) is 17.5 Å². The van der Waals surface area contributed by atoms with Crippen molar-refractivity contribution < 1.29 is 14.5 Å². The van der Waals surface area contributed by atoms with Gasteiger partial charge in [0.2, 0.25) is 6.10 Å². The minimum Gasteiger partial charge on any atom is -0.449 e. The lowest BCUT2D eigenvalue weighted by Gasteiger charge is -2.25. The highest BCUT2D eigenvalue weighted by Crippen LogP contribution is 2.34. The zero-order chi connectivity index (χ0) is 12.3. The first kappa shape index (κ1) is 12.6. The molecule has 0 radical (unpaired) electrons. The summed E-state index contributed by atoms with van der Waals surface area (Å²) in [6.07, 6.45) is -0.847. The summed E-state index contributed by atoms with van der Waals surface area (Å²) in [5, 5.41) is 12.8. The van der Waals surface area contributed by atoms with Gasteiger partial charge in [0.25, 0.3) is 5.54 Å². The molecule has 0 unspecified atom stereocenters. The van der Waals surface area contributed by atoms with Crippen LogP contribution in [0.3, 0.4) is 0 Å². The Kier molecular flexibility index (Phi) is 3.64. The van der Waals surface area contributed by atoms with Gasteiger partial charge in [-0.15, -0.1) is 11.3 Å². The predicted molar refractivity (Wildman–Crippen MR) is 59.9 cm³/mol. The third-order valence-electron chi connectivity index (χ3n) is 2.20. The molecule has 0 aliphatic rings. The van der Waals surface area contributed by atoms with Gasteiger partial charge in [-0.25, -0.2) is 0 Å². The Hall–Kier alpha value is -1.43. The Bertz CT molecular complexity index is 386. The number of ether oxygens (including phenoxy) is 1. The van der Waals surface area contributed by atoms with Gasteiger partial charge < -0.3 is 4.74 Å². The number of rotatable bonds is 4. The van der Waals surface area contributed by atoms with Crippen LogP contribution in [0.2, 0.25) is 0 Å². The monoisotopic (exact) mass is 243 g/mol. The molecule has 0 saturated heterocycles. The number of hydrogen-bond acceptors (Lipinski definition) is 5. The quantitative estimate of drug-likeness (QED) is 0.462. The van der Waals surface area contributed by atoms with Crippen LogP contribution < -0.4 is 0 Å². The van der Waals surface area contributed by atoms with Crippen molar-refractivity contribution in [2.75, 3.05) is 0 Å². The molecule has 1 aromatic rings. The fourth-order valence-electron chi connectivity index (χ4n) is 1.25. The van der Waals surface area contributed by atoms with Gasteiger partial charge in [0.1, 0.15) is 0 Å². The van der Waals surface area contributed by atoms with E-state index in [-0.39, 0.29) is 0 Å². The van der Waals surface area contributed by atoms with E-state index in [4.69, 9.17) is 4.74 Å². The molecule has 0 aliphatic carbocycles. The molecule has 0 aliphatic heterocycles. The van der Waals surface area contributed by atoms with Crippen molar-refractivity contribution in [3.05, 3.63) is 32.5 Å². The maximum atomic E-state index is 11.0. The molecule has 88 valence electrons. The van der Waals surface area contributed by atoms with Gasteiger partial charge in [-0.05, 0) is 11.4 Å². The van der Waals surface area contributed by atoms with E-state index in [0.717, 1.165) is 0 Å². The van der Waals surface area contributed by atoms with Crippen LogP contribution in [-0.2, 0) is 9.53 Å². The minimum atomic E-state index is -1.34. The smallest absolute Gasteiger partial charge is 0.303 e. The lowest BCUT2D eigenvalue weighted by molar-refractivity contribution is -0.574. The van der Waals surface area contributed by atoms with Crippen molar-refractivity contribution in [3.63, 3.8) is 0 Å². The van der Waals surface area contributed by atoms with Crippen LogP contribution >= 0.6 is 11.3 Å². The van der Waals surface area contributed by atoms with E-state index < -0.39 is 22.5 Å². The van der Waals surface area contributed by atoms with Crippen LogP contribution in [0.5, 0.6) is 0 Å². The summed E-state index contributed by atoms with van der Waals surface area (Å²) < 4.78 is 5.05. The molecule has 0 saturated carbocycles. The summed E-state index contributed by atoms with van der Waals surface area (Å²) in [5.74, 6) is -0.520. The predicted octanol–water partition coefficient (Wildman–Crippen LogP) is 2.41. The van der Waals surface area contributed by atoms with Crippen molar-refractivity contribution in [1.29, 1.82) is 0 Å². The zero-order valence-electron chi connectivity index (χ0n) is 9.30. The number of nitro groups is 1. The van der Waals surface area contributed by atoms with Crippen molar-refractivity contribution in [2.24, 2.45) is 0 Å². The summed E-state index contributed by atoms with van der Waals surface area (Å²) in [6.45, 7) is 4.14. The summed E-state index contributed by atoms with van der Waals surface area (Å²) in [5.41, 5.74) is -1.34. The maximum absolute atomic E-state index is 11.0. The van der Waals surface area contributed by atoms with E-state index in [2.05, 4.69) is 0 Å². The zero-order valence-corrected chi connectivity index (χ0v) is 10.1. The molecule has 1 heterocycles. The van der Waals surface area contributed by atoms with Crippen LogP contribution in [0.4, 0.5) is 0 Å². The third kappa shape index (κ3) is 2.57. The van der Waals surface area contributed by atoms with Gasteiger partial charge in [-0.2, -0.15) is 0 Å². The number of hydrogen-bond donors (Lipinski definition) is 0. The lowest BCUT2D eigenvalue weighted by atomic mass is 9.97. The molecule has 1 rings (SSSR count). The second-order valence-electron chi connectivity index (χ2n) is 3.92. The molecule has 0 aromatic carbocycles. The highest BCUT2D eigenvalue weighted by molar-refractivity contribution is 7.10. The van der Waals surface area contributed by atoms with E-state index >= 15 is 0 Å². The van der Waals surface area contributed by atoms with Gasteiger partial charge in [0.05, 0.1) is 4.88 Å². The summed E-state index contributed by atoms with van der Waals surface area (Å²) in [7, 11) is 0. The Morgan fingerprint density at radius 1 is 1.62 bits per heavy atom. The highest BCUT2D eigenvalue weighted by Gasteiger charge is 2.45. The van der Waals surface area contributed by atoms with Crippen LogP contribution in [0.25, 0.3) is 0 Å². The number of thiophene rings is 1. The Morgan fingerprint density at radius 3 is 2.62 bits per heavy atom. The molecule has 5 nitrogen and oxygen atoms in total. The molecule has 0 N–H and O–H groups in total. The normalized spacial score (nSPS) is 13.2. The molecule has 1 aromatic heterocycles. The lowest BCUT2D eigenvalue weighted by Crippen LogP contribution is -2.39. The van der Waals surface area contributed by atoms with E-state index in [1.807, 2.05) is 0 Å². The van der Waals surface area contributed by atoms with Crippen molar-refractivity contribution in [2.45, 2.75) is 32.4 Å². The molecular weight excluding hydrogens is 230 g/mol. The van der Waals surface area contributed by atoms with E-state index in [9.17, 15) is 14.9 Å². The van der Waals surface area contributed by atoms with E-state index in [1.54, 1.807) is 17.5 Å². The number of nitrogens with zero attached hydrogens (tertiary/aromatic N) is 1. The molecule has 16 heavy (non-hydrogen) atoms. The Labute approximate surface area is 97.2 Å². The summed E-state index contributed by atoms with van der Waals surface area (Å²) in [6, 6.07) is 3.50. The van der Waals surface area contributed by atoms with Gasteiger partial charge in [0, 0.05) is 25.7 Å². The fraction of sp³-hybridized carbons (Fsp3) is 0.500. The molecule has 0 bridgehead atoms. The van der Waals surface area contributed by atoms with Gasteiger partial charge in [0.15, 0.2) is 0 Å². The second-order valence-corrected chi connectivity index (χ2v) is 4.89. The number of esters is 1. The third-order valence-corrected chi connectivity index (χ3v) is 3.11. The molecule has 1 atom stereocenters. The first-order valence-corrected chi connectivity index (χ1v) is 5.58. The highest BCUT2D eigenvalue weighted by atomic mass is 32.1. The standard InChI is InChI=1S/C10H13NO4S/c1-7(12)15-9(8-5-4-6-16-8)10(2,3)11(13)14/h4-6,9H,1-3H3/t9-/m0/s1. The topological polar surface area (TPSA) is 69.4 Å². The molecule has 0 fully saturated rings. The van der Waals surface area contributed by atoms with Crippen molar-refractivity contribution >= 4 is 17.3 Å². The largest absolute Gasteiger partial charge is 0.449 e. The first-order valence-electron chi connectivity index (χ1n) is 4.71. The molecule has 6 heteroatoms. The van der Waals surface area contributed by atoms with Gasteiger partial charge >= 0.3 is 5.97 Å². The molecule has 0 amide bonds. The Morgan fingerprint density at radius 2 is 2.25 bits per heavy atom. The van der Waals surface area contributed by atoms with Gasteiger partial charge in [-0.3, -0.25) is 14.9 Å². The average Bonchev–Trinajstić information content (AvgIpc) is 2.65. The Balaban J connectivity index is 3.06. The maximum Gasteiger partial charge on any atom is 0.303 e. The molecule has 0 spiro atoms. The summed E-state index contributed by atoms with van der Waals surface area (Å²) in [4.78, 5) is 22.2. The summed E-state index contributed by atoms with van der Waals surface area (Å²) >= 11 is 1.34. The van der Waals surface area contributed by atoms with Crippen LogP contribution in [-0.4, -0.2) is 16.4 Å². The number of carbonyl (C=O) groups excluding carboxylic acids is 1.